The van der Waals surface area contributed by atoms with Crippen LogP contribution in [0.4, 0.5) is 11.9 Å². The summed E-state index contributed by atoms with van der Waals surface area (Å²) < 4.78 is 0.363. The van der Waals surface area contributed by atoms with Crippen LogP contribution in [0, 0.1) is 4.77 Å². The Hall–Kier alpha value is -1.17. The summed E-state index contributed by atoms with van der Waals surface area (Å²) in [5, 5.41) is 6.41. The Morgan fingerprint density at radius 3 is 1.88 bits per heavy atom. The minimum Gasteiger partial charge on any atom is -0.356 e. The topological polar surface area (TPSA) is 65.6 Å². The lowest BCUT2D eigenvalue weighted by molar-refractivity contribution is 0.813. The van der Waals surface area contributed by atoms with Crippen LogP contribution in [0.15, 0.2) is 0 Å². The Labute approximate surface area is 107 Å². The lowest BCUT2D eigenvalue weighted by Crippen LogP contribution is -2.10. The van der Waals surface area contributed by atoms with E-state index in [0.717, 1.165) is 38.8 Å². The summed E-state index contributed by atoms with van der Waals surface area (Å²) in [6, 6.07) is 0. The van der Waals surface area contributed by atoms with Crippen LogP contribution in [0.3, 0.4) is 0 Å². The second-order valence-corrected chi connectivity index (χ2v) is 4.25. The lowest BCUT2D eigenvalue weighted by Gasteiger charge is -2.08. The molecule has 3 N–H and O–H groups in total. The second kappa shape index (κ2) is 8.00. The SMILES string of the molecule is CCCCNc1nc(=S)nc(NCCCC)[nH]1. The molecule has 0 fully saturated rings. The highest BCUT2D eigenvalue weighted by atomic mass is 32.1. The second-order valence-electron chi connectivity index (χ2n) is 3.89. The van der Waals surface area contributed by atoms with Crippen molar-refractivity contribution in [2.24, 2.45) is 0 Å². The number of rotatable bonds is 8. The van der Waals surface area contributed by atoms with Crippen LogP contribution in [0.5, 0.6) is 0 Å². The lowest BCUT2D eigenvalue weighted by atomic mass is 10.3. The fourth-order valence-electron chi connectivity index (χ4n) is 1.32. The maximum absolute atomic E-state index is 5.02. The number of hydrogen-bond donors (Lipinski definition) is 3. The monoisotopic (exact) mass is 255 g/mol. The first-order valence-corrected chi connectivity index (χ1v) is 6.63. The van der Waals surface area contributed by atoms with Crippen molar-refractivity contribution in [2.45, 2.75) is 39.5 Å². The van der Waals surface area contributed by atoms with Gasteiger partial charge in [-0.15, -0.1) is 0 Å². The van der Waals surface area contributed by atoms with Gasteiger partial charge in [-0.2, -0.15) is 9.97 Å². The smallest absolute Gasteiger partial charge is 0.225 e. The van der Waals surface area contributed by atoms with Crippen molar-refractivity contribution < 1.29 is 0 Å². The molecule has 96 valence electrons. The van der Waals surface area contributed by atoms with Crippen LogP contribution < -0.4 is 10.6 Å². The summed E-state index contributed by atoms with van der Waals surface area (Å²) in [5.41, 5.74) is 0. The van der Waals surface area contributed by atoms with E-state index in [1.807, 2.05) is 0 Å². The van der Waals surface area contributed by atoms with Gasteiger partial charge in [-0.25, -0.2) is 0 Å². The molecule has 1 heterocycles. The predicted molar refractivity (Wildman–Crippen MR) is 74.0 cm³/mol. The van der Waals surface area contributed by atoms with Gasteiger partial charge in [-0.1, -0.05) is 26.7 Å². The standard InChI is InChI=1S/C11H21N5S/c1-3-5-7-12-9-14-10(13-8-6-4-2)16-11(17)15-9/h3-8H2,1-2H3,(H3,12,13,14,15,16,17). The van der Waals surface area contributed by atoms with E-state index in [1.165, 1.54) is 0 Å². The zero-order valence-corrected chi connectivity index (χ0v) is 11.4. The molecule has 1 aromatic heterocycles. The molecule has 0 aromatic carbocycles. The molecule has 6 heteroatoms. The zero-order chi connectivity index (χ0) is 12.5. The van der Waals surface area contributed by atoms with E-state index in [0.29, 0.717) is 16.7 Å². The van der Waals surface area contributed by atoms with Gasteiger partial charge in [0.2, 0.25) is 16.7 Å². The Bertz CT molecular complexity index is 345. The van der Waals surface area contributed by atoms with Gasteiger partial charge in [-0.05, 0) is 25.1 Å². The predicted octanol–water partition coefficient (Wildman–Crippen LogP) is 2.96. The molecule has 5 nitrogen and oxygen atoms in total. The van der Waals surface area contributed by atoms with Crippen molar-refractivity contribution in [1.82, 2.24) is 15.0 Å². The zero-order valence-electron chi connectivity index (χ0n) is 10.5. The Kier molecular flexibility index (Phi) is 6.54. The normalized spacial score (nSPS) is 10.2. The minimum absolute atomic E-state index is 0.363. The van der Waals surface area contributed by atoms with Crippen LogP contribution in [0.2, 0.25) is 0 Å². The summed E-state index contributed by atoms with van der Waals surface area (Å²) in [5.74, 6) is 1.38. The van der Waals surface area contributed by atoms with E-state index in [9.17, 15) is 0 Å². The van der Waals surface area contributed by atoms with Gasteiger partial charge < -0.3 is 10.6 Å². The van der Waals surface area contributed by atoms with Crippen molar-refractivity contribution in [2.75, 3.05) is 23.7 Å². The van der Waals surface area contributed by atoms with Crippen LogP contribution in [-0.2, 0) is 0 Å². The number of unbranched alkanes of at least 4 members (excludes halogenated alkanes) is 2. The first kappa shape index (κ1) is 13.9. The van der Waals surface area contributed by atoms with Gasteiger partial charge in [0.05, 0.1) is 0 Å². The number of hydrogen-bond acceptors (Lipinski definition) is 5. The highest BCUT2D eigenvalue weighted by molar-refractivity contribution is 7.71. The summed E-state index contributed by atoms with van der Waals surface area (Å²) in [6.45, 7) is 6.10. The molecule has 0 aliphatic rings. The minimum atomic E-state index is 0.363. The van der Waals surface area contributed by atoms with E-state index in [4.69, 9.17) is 12.2 Å². The molecule has 0 saturated carbocycles. The van der Waals surface area contributed by atoms with Gasteiger partial charge in [-0.3, -0.25) is 4.98 Å². The summed E-state index contributed by atoms with van der Waals surface area (Å²) in [4.78, 5) is 11.4. The van der Waals surface area contributed by atoms with E-state index in [-0.39, 0.29) is 0 Å². The van der Waals surface area contributed by atoms with Crippen molar-refractivity contribution in [3.8, 4) is 0 Å². The van der Waals surface area contributed by atoms with Gasteiger partial charge in [0.25, 0.3) is 0 Å². The van der Waals surface area contributed by atoms with Crippen LogP contribution in [0.1, 0.15) is 39.5 Å². The number of H-pyrrole nitrogens is 1. The van der Waals surface area contributed by atoms with Gasteiger partial charge >= 0.3 is 0 Å². The molecular weight excluding hydrogens is 234 g/mol. The number of aromatic amines is 1. The number of anilines is 2. The van der Waals surface area contributed by atoms with E-state index in [2.05, 4.69) is 39.4 Å². The third-order valence-electron chi connectivity index (χ3n) is 2.30. The average Bonchev–Trinajstić information content (AvgIpc) is 2.29. The molecule has 0 atom stereocenters. The highest BCUT2D eigenvalue weighted by Gasteiger charge is 1.99. The molecule has 0 bridgehead atoms. The largest absolute Gasteiger partial charge is 0.356 e. The highest BCUT2D eigenvalue weighted by Crippen LogP contribution is 2.04. The molecule has 0 spiro atoms. The first-order chi connectivity index (χ1) is 8.26. The Balaban J connectivity index is 2.56. The average molecular weight is 255 g/mol. The van der Waals surface area contributed by atoms with E-state index >= 15 is 0 Å². The quantitative estimate of drug-likeness (QED) is 0.492. The summed E-state index contributed by atoms with van der Waals surface area (Å²) in [7, 11) is 0. The number of nitrogens with one attached hydrogen (secondary N) is 3. The molecule has 0 aliphatic heterocycles. The molecular formula is C11H21N5S. The van der Waals surface area contributed by atoms with Gasteiger partial charge in [0.1, 0.15) is 0 Å². The maximum Gasteiger partial charge on any atom is 0.225 e. The molecule has 0 amide bonds. The van der Waals surface area contributed by atoms with Crippen molar-refractivity contribution in [3.63, 3.8) is 0 Å². The fraction of sp³-hybridized carbons (Fsp3) is 0.727. The third kappa shape index (κ3) is 5.63. The summed E-state index contributed by atoms with van der Waals surface area (Å²) >= 11 is 5.02. The van der Waals surface area contributed by atoms with Crippen LogP contribution >= 0.6 is 12.2 Å². The maximum atomic E-state index is 5.02. The summed E-state index contributed by atoms with van der Waals surface area (Å²) in [6.07, 6.45) is 4.53. The van der Waals surface area contributed by atoms with E-state index in [1.54, 1.807) is 0 Å². The molecule has 0 aliphatic carbocycles. The van der Waals surface area contributed by atoms with Crippen LogP contribution in [0.25, 0.3) is 0 Å². The molecule has 1 rings (SSSR count). The molecule has 0 saturated heterocycles. The van der Waals surface area contributed by atoms with Gasteiger partial charge in [0.15, 0.2) is 0 Å². The van der Waals surface area contributed by atoms with Gasteiger partial charge in [0, 0.05) is 13.1 Å². The Morgan fingerprint density at radius 2 is 1.47 bits per heavy atom. The fourth-order valence-corrected chi connectivity index (χ4v) is 1.50. The van der Waals surface area contributed by atoms with E-state index < -0.39 is 0 Å². The molecule has 1 aromatic rings. The van der Waals surface area contributed by atoms with Crippen LogP contribution in [-0.4, -0.2) is 28.0 Å². The number of aromatic nitrogens is 3. The first-order valence-electron chi connectivity index (χ1n) is 6.22. The molecule has 17 heavy (non-hydrogen) atoms. The van der Waals surface area contributed by atoms with Crippen molar-refractivity contribution >= 4 is 24.1 Å². The molecule has 0 radical (unpaired) electrons. The number of nitrogens with zero attached hydrogens (tertiary/aromatic N) is 2. The van der Waals surface area contributed by atoms with Crippen molar-refractivity contribution in [3.05, 3.63) is 4.77 Å². The third-order valence-corrected chi connectivity index (χ3v) is 2.48. The molecule has 0 unspecified atom stereocenters. The van der Waals surface area contributed by atoms with Crippen molar-refractivity contribution in [1.29, 1.82) is 0 Å². The Morgan fingerprint density at radius 1 is 1.00 bits per heavy atom.